The molecular weight excluding hydrogens is 431 g/mol. The number of ether oxygens (including phenoxy) is 1. The summed E-state index contributed by atoms with van der Waals surface area (Å²) in [7, 11) is 1.57. The molecular formula is C24H26ClFN4O2. The Morgan fingerprint density at radius 2 is 1.97 bits per heavy atom. The van der Waals surface area contributed by atoms with Crippen LogP contribution in [-0.2, 0) is 13.0 Å². The lowest BCUT2D eigenvalue weighted by atomic mass is 10.0. The van der Waals surface area contributed by atoms with Crippen molar-refractivity contribution in [2.24, 2.45) is 0 Å². The van der Waals surface area contributed by atoms with Gasteiger partial charge in [0.25, 0.3) is 0 Å². The molecule has 8 heteroatoms. The van der Waals surface area contributed by atoms with Crippen molar-refractivity contribution >= 4 is 33.9 Å². The average molecular weight is 457 g/mol. The van der Waals surface area contributed by atoms with Gasteiger partial charge in [-0.15, -0.1) is 0 Å². The summed E-state index contributed by atoms with van der Waals surface area (Å²) < 4.78 is 19.7. The largest absolute Gasteiger partial charge is 0.467 e. The zero-order valence-corrected chi connectivity index (χ0v) is 18.8. The van der Waals surface area contributed by atoms with E-state index in [9.17, 15) is 9.50 Å². The van der Waals surface area contributed by atoms with Gasteiger partial charge in [-0.3, -0.25) is 0 Å². The van der Waals surface area contributed by atoms with Crippen LogP contribution in [0.1, 0.15) is 30.5 Å². The number of fused-ring (bicyclic) bond motifs is 2. The molecule has 0 amide bonds. The molecule has 1 unspecified atom stereocenters. The van der Waals surface area contributed by atoms with Crippen LogP contribution in [0.4, 0.5) is 15.9 Å². The molecule has 2 aromatic carbocycles. The molecule has 3 heterocycles. The van der Waals surface area contributed by atoms with E-state index >= 15 is 0 Å². The van der Waals surface area contributed by atoms with E-state index in [0.717, 1.165) is 78.9 Å². The molecule has 2 aliphatic rings. The first-order valence-electron chi connectivity index (χ1n) is 11.0. The quantitative estimate of drug-likeness (QED) is 0.632. The normalized spacial score (nSPS) is 19.1. The molecule has 2 aliphatic heterocycles. The average Bonchev–Trinajstić information content (AvgIpc) is 3.04. The van der Waals surface area contributed by atoms with Gasteiger partial charge in [-0.25, -0.2) is 4.39 Å². The molecule has 0 aliphatic carbocycles. The molecule has 32 heavy (non-hydrogen) atoms. The summed E-state index contributed by atoms with van der Waals surface area (Å²) in [5.74, 6) is 0.487. The minimum atomic E-state index is -0.418. The second-order valence-electron chi connectivity index (χ2n) is 8.44. The Morgan fingerprint density at radius 3 is 2.81 bits per heavy atom. The molecule has 1 atom stereocenters. The van der Waals surface area contributed by atoms with Crippen LogP contribution in [0.2, 0.25) is 5.02 Å². The number of aromatic nitrogens is 2. The highest BCUT2D eigenvalue weighted by Crippen LogP contribution is 2.38. The number of benzene rings is 2. The van der Waals surface area contributed by atoms with Crippen LogP contribution in [0.25, 0.3) is 10.8 Å². The topological polar surface area (TPSA) is 61.7 Å². The predicted molar refractivity (Wildman–Crippen MR) is 124 cm³/mol. The number of rotatable bonds is 3. The number of anilines is 2. The number of halogens is 2. The maximum atomic E-state index is 14.2. The molecule has 0 radical (unpaired) electrons. The van der Waals surface area contributed by atoms with E-state index < -0.39 is 5.82 Å². The number of nitrogens with zero attached hydrogens (tertiary/aromatic N) is 4. The molecule has 0 saturated carbocycles. The number of hydrogen-bond acceptors (Lipinski definition) is 6. The fourth-order valence-corrected chi connectivity index (χ4v) is 5.06. The van der Waals surface area contributed by atoms with Gasteiger partial charge in [0, 0.05) is 36.3 Å². The van der Waals surface area contributed by atoms with Gasteiger partial charge >= 0.3 is 6.01 Å². The zero-order valence-electron chi connectivity index (χ0n) is 18.0. The first-order chi connectivity index (χ1) is 15.5. The maximum absolute atomic E-state index is 14.2. The molecule has 1 N–H and O–H groups in total. The monoisotopic (exact) mass is 456 g/mol. The summed E-state index contributed by atoms with van der Waals surface area (Å²) in [6.07, 6.45) is 2.97. The Balaban J connectivity index is 1.53. The fraction of sp³-hybridized carbons (Fsp3) is 0.417. The van der Waals surface area contributed by atoms with Gasteiger partial charge in [-0.1, -0.05) is 29.8 Å². The third-order valence-electron chi connectivity index (χ3n) is 6.46. The summed E-state index contributed by atoms with van der Waals surface area (Å²) in [5.41, 5.74) is 2.93. The van der Waals surface area contributed by atoms with Gasteiger partial charge in [0.05, 0.1) is 30.5 Å². The minimum Gasteiger partial charge on any atom is -0.467 e. The van der Waals surface area contributed by atoms with Crippen LogP contribution >= 0.6 is 11.6 Å². The lowest BCUT2D eigenvalue weighted by Gasteiger charge is -2.34. The third-order valence-corrected chi connectivity index (χ3v) is 6.83. The van der Waals surface area contributed by atoms with Crippen molar-refractivity contribution < 1.29 is 14.2 Å². The highest BCUT2D eigenvalue weighted by atomic mass is 35.5. The van der Waals surface area contributed by atoms with Crippen LogP contribution in [0.5, 0.6) is 6.01 Å². The third kappa shape index (κ3) is 3.84. The number of methoxy groups -OCH3 is 1. The predicted octanol–water partition coefficient (Wildman–Crippen LogP) is 4.34. The van der Waals surface area contributed by atoms with Crippen LogP contribution in [0.3, 0.4) is 0 Å². The molecule has 168 valence electrons. The van der Waals surface area contributed by atoms with Crippen molar-refractivity contribution in [1.82, 2.24) is 9.97 Å². The fourth-order valence-electron chi connectivity index (χ4n) is 4.79. The highest BCUT2D eigenvalue weighted by molar-refractivity contribution is 6.36. The molecule has 0 spiro atoms. The van der Waals surface area contributed by atoms with E-state index in [2.05, 4.69) is 14.8 Å². The van der Waals surface area contributed by atoms with Crippen molar-refractivity contribution in [2.45, 2.75) is 38.3 Å². The van der Waals surface area contributed by atoms with E-state index in [1.807, 2.05) is 18.2 Å². The highest BCUT2D eigenvalue weighted by Gasteiger charge is 2.28. The van der Waals surface area contributed by atoms with Crippen molar-refractivity contribution in [3.63, 3.8) is 0 Å². The number of aliphatic hydroxyl groups is 1. The van der Waals surface area contributed by atoms with E-state index in [1.54, 1.807) is 13.2 Å². The van der Waals surface area contributed by atoms with Crippen LogP contribution in [-0.4, -0.2) is 47.9 Å². The van der Waals surface area contributed by atoms with Gasteiger partial charge in [-0.2, -0.15) is 9.97 Å². The van der Waals surface area contributed by atoms with Gasteiger partial charge < -0.3 is 19.6 Å². The summed E-state index contributed by atoms with van der Waals surface area (Å²) in [4.78, 5) is 13.8. The minimum absolute atomic E-state index is 0.146. The van der Waals surface area contributed by atoms with Gasteiger partial charge in [0.15, 0.2) is 0 Å². The first kappa shape index (κ1) is 21.2. The molecule has 1 fully saturated rings. The standard InChI is InChI=1S/C24H26ClFN4O2/c1-32-24-27-19-14-30(20-6-2-4-15-7-8-18(26)22(25)21(15)20)13-10-17(19)23(28-24)29-11-3-5-16(31)9-12-29/h2,4,6-8,16,31H,3,5,9-14H2,1H3. The van der Waals surface area contributed by atoms with Gasteiger partial charge in [0.1, 0.15) is 11.6 Å². The first-order valence-corrected chi connectivity index (χ1v) is 11.4. The Morgan fingerprint density at radius 1 is 1.09 bits per heavy atom. The zero-order chi connectivity index (χ0) is 22.2. The molecule has 3 aromatic rings. The summed E-state index contributed by atoms with van der Waals surface area (Å²) in [5, 5.41) is 11.8. The second kappa shape index (κ2) is 8.71. The van der Waals surface area contributed by atoms with Gasteiger partial charge in [0.2, 0.25) is 0 Å². The van der Waals surface area contributed by atoms with Crippen LogP contribution in [0, 0.1) is 5.82 Å². The van der Waals surface area contributed by atoms with Crippen molar-refractivity contribution in [1.29, 1.82) is 0 Å². The van der Waals surface area contributed by atoms with E-state index in [-0.39, 0.29) is 11.1 Å². The second-order valence-corrected chi connectivity index (χ2v) is 8.82. The van der Waals surface area contributed by atoms with E-state index in [0.29, 0.717) is 12.6 Å². The maximum Gasteiger partial charge on any atom is 0.318 e. The lowest BCUT2D eigenvalue weighted by molar-refractivity contribution is 0.161. The Labute approximate surface area is 191 Å². The molecule has 1 saturated heterocycles. The molecule has 0 bridgehead atoms. The molecule has 5 rings (SSSR count). The molecule has 6 nitrogen and oxygen atoms in total. The van der Waals surface area contributed by atoms with Crippen LogP contribution in [0.15, 0.2) is 30.3 Å². The Hall–Kier alpha value is -2.64. The van der Waals surface area contributed by atoms with E-state index in [4.69, 9.17) is 21.3 Å². The summed E-state index contributed by atoms with van der Waals surface area (Å²) in [6.45, 7) is 2.92. The van der Waals surface area contributed by atoms with Crippen LogP contribution < -0.4 is 14.5 Å². The lowest BCUT2D eigenvalue weighted by Crippen LogP contribution is -2.35. The summed E-state index contributed by atoms with van der Waals surface area (Å²) >= 11 is 6.38. The SMILES string of the molecule is COc1nc2c(c(N3CCCC(O)CC3)n1)CCN(c1cccc3ccc(F)c(Cl)c13)C2. The van der Waals surface area contributed by atoms with Gasteiger partial charge in [-0.05, 0) is 43.2 Å². The molecule has 1 aromatic heterocycles. The van der Waals surface area contributed by atoms with E-state index in [1.165, 1.54) is 6.07 Å². The summed E-state index contributed by atoms with van der Waals surface area (Å²) in [6, 6.07) is 9.40. The number of hydrogen-bond donors (Lipinski definition) is 1. The van der Waals surface area contributed by atoms with Crippen molar-refractivity contribution in [3.05, 3.63) is 52.4 Å². The number of aliphatic hydroxyl groups excluding tert-OH is 1. The Kier molecular flexibility index (Phi) is 5.78. The smallest absolute Gasteiger partial charge is 0.318 e. The van der Waals surface area contributed by atoms with Crippen molar-refractivity contribution in [2.75, 3.05) is 36.5 Å². The van der Waals surface area contributed by atoms with Crippen molar-refractivity contribution in [3.8, 4) is 6.01 Å². The Bertz CT molecular complexity index is 1160.